The van der Waals surface area contributed by atoms with Crippen LogP contribution in [0, 0.1) is 0 Å². The Morgan fingerprint density at radius 3 is 2.68 bits per heavy atom. The Morgan fingerprint density at radius 2 is 2.00 bits per heavy atom. The lowest BCUT2D eigenvalue weighted by molar-refractivity contribution is 0.0177. The maximum Gasteiger partial charge on any atom is 0.338 e. The van der Waals surface area contributed by atoms with Gasteiger partial charge in [-0.2, -0.15) is 0 Å². The van der Waals surface area contributed by atoms with E-state index in [1.807, 2.05) is 12.1 Å². The van der Waals surface area contributed by atoms with Crippen LogP contribution in [0.3, 0.4) is 0 Å². The third kappa shape index (κ3) is 2.73. The maximum atomic E-state index is 12.1. The molecule has 2 saturated heterocycles. The van der Waals surface area contributed by atoms with Crippen LogP contribution in [0.5, 0.6) is 5.75 Å². The number of carbonyl (C=O) groups is 1. The Morgan fingerprint density at radius 1 is 1.26 bits per heavy atom. The number of piperidine rings is 1. The van der Waals surface area contributed by atoms with E-state index in [1.165, 1.54) is 12.8 Å². The molecule has 3 rings (SSSR count). The van der Waals surface area contributed by atoms with Crippen molar-refractivity contribution in [3.8, 4) is 5.75 Å². The van der Waals surface area contributed by atoms with Crippen molar-refractivity contribution in [2.75, 3.05) is 7.11 Å². The minimum absolute atomic E-state index is 0.0532. The van der Waals surface area contributed by atoms with Gasteiger partial charge in [-0.1, -0.05) is 6.07 Å². The van der Waals surface area contributed by atoms with E-state index in [2.05, 4.69) is 5.32 Å². The molecule has 0 amide bonds. The molecule has 0 aliphatic carbocycles. The minimum Gasteiger partial charge on any atom is -0.497 e. The van der Waals surface area contributed by atoms with E-state index in [9.17, 15) is 4.79 Å². The second-order valence-electron chi connectivity index (χ2n) is 5.37. The number of hydrogen-bond acceptors (Lipinski definition) is 4. The first-order chi connectivity index (χ1) is 9.24. The van der Waals surface area contributed by atoms with Gasteiger partial charge in [-0.25, -0.2) is 4.79 Å². The van der Waals surface area contributed by atoms with Gasteiger partial charge in [0.1, 0.15) is 11.9 Å². The lowest BCUT2D eigenvalue weighted by Gasteiger charge is -2.28. The normalized spacial score (nSPS) is 29.0. The zero-order chi connectivity index (χ0) is 13.2. The van der Waals surface area contributed by atoms with Crippen molar-refractivity contribution in [2.45, 2.75) is 43.9 Å². The molecule has 2 bridgehead atoms. The van der Waals surface area contributed by atoms with Crippen LogP contribution in [-0.4, -0.2) is 31.3 Å². The van der Waals surface area contributed by atoms with Crippen molar-refractivity contribution in [3.05, 3.63) is 29.8 Å². The summed E-state index contributed by atoms with van der Waals surface area (Å²) in [6.07, 6.45) is 4.34. The van der Waals surface area contributed by atoms with E-state index >= 15 is 0 Å². The molecule has 19 heavy (non-hydrogen) atoms. The maximum absolute atomic E-state index is 12.1. The lowest BCUT2D eigenvalue weighted by atomic mass is 10.0. The van der Waals surface area contributed by atoms with E-state index in [0.717, 1.165) is 12.8 Å². The van der Waals surface area contributed by atoms with Crippen LogP contribution in [0.25, 0.3) is 0 Å². The number of esters is 1. The van der Waals surface area contributed by atoms with Gasteiger partial charge in [-0.15, -0.1) is 0 Å². The molecule has 4 nitrogen and oxygen atoms in total. The van der Waals surface area contributed by atoms with Crippen LogP contribution in [0.2, 0.25) is 0 Å². The molecule has 2 fully saturated rings. The number of carbonyl (C=O) groups excluding carboxylic acids is 1. The third-order valence-electron chi connectivity index (χ3n) is 4.01. The highest BCUT2D eigenvalue weighted by atomic mass is 16.5. The number of hydrogen-bond donors (Lipinski definition) is 1. The van der Waals surface area contributed by atoms with Crippen molar-refractivity contribution in [3.63, 3.8) is 0 Å². The Bertz CT molecular complexity index is 462. The zero-order valence-electron chi connectivity index (χ0n) is 11.1. The highest BCUT2D eigenvalue weighted by Gasteiger charge is 2.35. The van der Waals surface area contributed by atoms with Crippen molar-refractivity contribution in [1.29, 1.82) is 0 Å². The van der Waals surface area contributed by atoms with E-state index in [0.29, 0.717) is 23.4 Å². The van der Waals surface area contributed by atoms with Gasteiger partial charge in [0.2, 0.25) is 0 Å². The number of methoxy groups -OCH3 is 1. The highest BCUT2D eigenvalue weighted by Crippen LogP contribution is 2.29. The molecule has 1 aromatic rings. The molecule has 2 aliphatic rings. The van der Waals surface area contributed by atoms with Crippen LogP contribution in [0.15, 0.2) is 24.3 Å². The first-order valence-electron chi connectivity index (χ1n) is 6.85. The van der Waals surface area contributed by atoms with E-state index in [1.54, 1.807) is 19.2 Å². The summed E-state index contributed by atoms with van der Waals surface area (Å²) in [5.74, 6) is 0.435. The van der Waals surface area contributed by atoms with Gasteiger partial charge in [-0.05, 0) is 43.9 Å². The highest BCUT2D eigenvalue weighted by molar-refractivity contribution is 5.90. The number of rotatable bonds is 3. The summed E-state index contributed by atoms with van der Waals surface area (Å²) < 4.78 is 10.7. The van der Waals surface area contributed by atoms with Crippen molar-refractivity contribution in [1.82, 2.24) is 5.32 Å². The Balaban J connectivity index is 1.64. The van der Waals surface area contributed by atoms with Crippen LogP contribution in [-0.2, 0) is 4.74 Å². The van der Waals surface area contributed by atoms with Crippen molar-refractivity contribution in [2.24, 2.45) is 0 Å². The average Bonchev–Trinajstić information content (AvgIpc) is 2.78. The molecule has 1 N–H and O–H groups in total. The SMILES string of the molecule is COc1cccc(C(=O)OC2C[C@H]3CC[C@@H](C2)N3)c1. The third-order valence-corrected chi connectivity index (χ3v) is 4.01. The average molecular weight is 261 g/mol. The monoisotopic (exact) mass is 261 g/mol. The quantitative estimate of drug-likeness (QED) is 0.847. The molecular weight excluding hydrogens is 242 g/mol. The predicted molar refractivity (Wildman–Crippen MR) is 71.4 cm³/mol. The fraction of sp³-hybridized carbons (Fsp3) is 0.533. The molecule has 3 atom stereocenters. The van der Waals surface area contributed by atoms with E-state index in [-0.39, 0.29) is 12.1 Å². The second kappa shape index (κ2) is 5.21. The smallest absolute Gasteiger partial charge is 0.338 e. The first-order valence-corrected chi connectivity index (χ1v) is 6.85. The van der Waals surface area contributed by atoms with Gasteiger partial charge >= 0.3 is 5.97 Å². The predicted octanol–water partition coefficient (Wildman–Crippen LogP) is 2.13. The molecule has 0 radical (unpaired) electrons. The number of fused-ring (bicyclic) bond motifs is 2. The molecule has 0 aromatic heterocycles. The molecule has 2 aliphatic heterocycles. The zero-order valence-corrected chi connectivity index (χ0v) is 11.1. The molecule has 102 valence electrons. The summed E-state index contributed by atoms with van der Waals surface area (Å²) >= 11 is 0. The fourth-order valence-corrected chi connectivity index (χ4v) is 3.07. The topological polar surface area (TPSA) is 47.6 Å². The number of nitrogens with one attached hydrogen (secondary N) is 1. The summed E-state index contributed by atoms with van der Waals surface area (Å²) in [6, 6.07) is 8.17. The van der Waals surface area contributed by atoms with Gasteiger partial charge in [0.25, 0.3) is 0 Å². The largest absolute Gasteiger partial charge is 0.497 e. The Labute approximate surface area is 113 Å². The van der Waals surface area contributed by atoms with Crippen LogP contribution in [0.4, 0.5) is 0 Å². The molecule has 1 aromatic carbocycles. The number of benzene rings is 1. The van der Waals surface area contributed by atoms with Gasteiger partial charge in [0, 0.05) is 12.1 Å². The lowest BCUT2D eigenvalue weighted by Crippen LogP contribution is -2.42. The molecule has 2 heterocycles. The van der Waals surface area contributed by atoms with Gasteiger partial charge in [0.05, 0.1) is 12.7 Å². The molecule has 4 heteroatoms. The van der Waals surface area contributed by atoms with Crippen molar-refractivity contribution >= 4 is 5.97 Å². The van der Waals surface area contributed by atoms with E-state index in [4.69, 9.17) is 9.47 Å². The summed E-state index contributed by atoms with van der Waals surface area (Å²) in [7, 11) is 1.59. The van der Waals surface area contributed by atoms with Gasteiger partial charge < -0.3 is 14.8 Å². The first kappa shape index (κ1) is 12.5. The van der Waals surface area contributed by atoms with E-state index < -0.39 is 0 Å². The van der Waals surface area contributed by atoms with Crippen LogP contribution < -0.4 is 10.1 Å². The molecular formula is C15H19NO3. The Kier molecular flexibility index (Phi) is 3.42. The molecule has 0 spiro atoms. The summed E-state index contributed by atoms with van der Waals surface area (Å²) in [5.41, 5.74) is 0.560. The Hall–Kier alpha value is -1.55. The summed E-state index contributed by atoms with van der Waals surface area (Å²) in [4.78, 5) is 12.1. The fourth-order valence-electron chi connectivity index (χ4n) is 3.07. The van der Waals surface area contributed by atoms with Crippen LogP contribution in [0.1, 0.15) is 36.0 Å². The molecule has 0 saturated carbocycles. The van der Waals surface area contributed by atoms with Gasteiger partial charge in [-0.3, -0.25) is 0 Å². The standard InChI is InChI=1S/C15H19NO3/c1-18-13-4-2-3-10(7-13)15(17)19-14-8-11-5-6-12(9-14)16-11/h2-4,7,11-12,14,16H,5-6,8-9H2,1H3/t11-,12+,14?. The van der Waals surface area contributed by atoms with Gasteiger partial charge in [0.15, 0.2) is 0 Å². The second-order valence-corrected chi connectivity index (χ2v) is 5.37. The van der Waals surface area contributed by atoms with Crippen LogP contribution >= 0.6 is 0 Å². The minimum atomic E-state index is -0.245. The number of ether oxygens (including phenoxy) is 2. The van der Waals surface area contributed by atoms with Crippen molar-refractivity contribution < 1.29 is 14.3 Å². The summed E-state index contributed by atoms with van der Waals surface area (Å²) in [5, 5.41) is 3.54. The summed E-state index contributed by atoms with van der Waals surface area (Å²) in [6.45, 7) is 0. The molecule has 1 unspecified atom stereocenters.